The molecule has 0 aromatic heterocycles. The number of carboxylic acids is 1. The standard InChI is InChI=1S/C12H11Cl2NO5/c1-2-7(12(16)17)3-4-20-11-6-9(14)8(13)5-10(11)15(18)19/h3,5-6H,2,4H2,1H3,(H,16,17)/b7-3-. The minimum Gasteiger partial charge on any atom is -0.483 e. The molecule has 0 unspecified atom stereocenters. The summed E-state index contributed by atoms with van der Waals surface area (Å²) in [6.07, 6.45) is 1.66. The molecule has 8 heteroatoms. The summed E-state index contributed by atoms with van der Waals surface area (Å²) in [5.41, 5.74) is -0.172. The first kappa shape index (κ1) is 16.3. The number of hydrogen-bond donors (Lipinski definition) is 1. The second-order valence-corrected chi connectivity index (χ2v) is 4.50. The second-order valence-electron chi connectivity index (χ2n) is 3.69. The van der Waals surface area contributed by atoms with Gasteiger partial charge in [-0.05, 0) is 12.5 Å². The number of ether oxygens (including phenoxy) is 1. The van der Waals surface area contributed by atoms with Crippen LogP contribution in [-0.4, -0.2) is 22.6 Å². The van der Waals surface area contributed by atoms with E-state index >= 15 is 0 Å². The van der Waals surface area contributed by atoms with Gasteiger partial charge in [-0.3, -0.25) is 10.1 Å². The summed E-state index contributed by atoms with van der Waals surface area (Å²) in [7, 11) is 0. The lowest BCUT2D eigenvalue weighted by Crippen LogP contribution is -2.04. The topological polar surface area (TPSA) is 89.7 Å². The van der Waals surface area contributed by atoms with Crippen LogP contribution in [0.25, 0.3) is 0 Å². The Hall–Kier alpha value is -1.79. The SMILES string of the molecule is CC/C(=C/COc1cc(Cl)c(Cl)cc1[N+](=O)[O-])C(=O)O. The number of benzene rings is 1. The third kappa shape index (κ3) is 4.11. The molecule has 0 bridgehead atoms. The van der Waals surface area contributed by atoms with E-state index in [1.165, 1.54) is 12.1 Å². The van der Waals surface area contributed by atoms with E-state index in [1.54, 1.807) is 6.92 Å². The van der Waals surface area contributed by atoms with Gasteiger partial charge in [-0.2, -0.15) is 0 Å². The van der Waals surface area contributed by atoms with Gasteiger partial charge in [-0.1, -0.05) is 30.1 Å². The van der Waals surface area contributed by atoms with Crippen LogP contribution in [0.2, 0.25) is 10.0 Å². The molecule has 1 N–H and O–H groups in total. The number of halogens is 2. The first-order chi connectivity index (χ1) is 9.36. The predicted octanol–water partition coefficient (Wildman–Crippen LogP) is 3.70. The molecule has 0 saturated heterocycles. The Morgan fingerprint density at radius 2 is 2.05 bits per heavy atom. The smallest absolute Gasteiger partial charge is 0.331 e. The van der Waals surface area contributed by atoms with Crippen LogP contribution >= 0.6 is 23.2 Å². The van der Waals surface area contributed by atoms with Gasteiger partial charge < -0.3 is 9.84 Å². The van der Waals surface area contributed by atoms with Crippen molar-refractivity contribution in [3.05, 3.63) is 43.9 Å². The van der Waals surface area contributed by atoms with E-state index in [2.05, 4.69) is 0 Å². The highest BCUT2D eigenvalue weighted by Gasteiger charge is 2.18. The Morgan fingerprint density at radius 1 is 1.45 bits per heavy atom. The lowest BCUT2D eigenvalue weighted by atomic mass is 10.2. The van der Waals surface area contributed by atoms with Crippen LogP contribution in [0, 0.1) is 10.1 Å². The minimum atomic E-state index is -1.06. The zero-order chi connectivity index (χ0) is 15.3. The van der Waals surface area contributed by atoms with Gasteiger partial charge in [0.2, 0.25) is 0 Å². The van der Waals surface area contributed by atoms with E-state index in [1.807, 2.05) is 0 Å². The first-order valence-electron chi connectivity index (χ1n) is 5.55. The van der Waals surface area contributed by atoms with Crippen molar-refractivity contribution in [3.63, 3.8) is 0 Å². The van der Waals surface area contributed by atoms with Crippen LogP contribution in [0.4, 0.5) is 5.69 Å². The maximum atomic E-state index is 10.9. The average molecular weight is 320 g/mol. The van der Waals surface area contributed by atoms with Crippen LogP contribution < -0.4 is 4.74 Å². The van der Waals surface area contributed by atoms with E-state index in [9.17, 15) is 14.9 Å². The number of hydrogen-bond acceptors (Lipinski definition) is 4. The Kier molecular flexibility index (Phi) is 5.79. The molecule has 0 radical (unpaired) electrons. The first-order valence-corrected chi connectivity index (χ1v) is 6.31. The third-order valence-electron chi connectivity index (χ3n) is 2.42. The van der Waals surface area contributed by atoms with Crippen molar-refractivity contribution in [2.45, 2.75) is 13.3 Å². The van der Waals surface area contributed by atoms with Crippen LogP contribution in [0.15, 0.2) is 23.8 Å². The van der Waals surface area contributed by atoms with Gasteiger partial charge in [0.05, 0.1) is 15.0 Å². The molecule has 0 atom stereocenters. The molecular weight excluding hydrogens is 309 g/mol. The summed E-state index contributed by atoms with van der Waals surface area (Å²) < 4.78 is 5.19. The molecule has 0 amide bonds. The van der Waals surface area contributed by atoms with Crippen LogP contribution in [0.5, 0.6) is 5.75 Å². The Labute approximate surface area is 124 Å². The van der Waals surface area contributed by atoms with Crippen LogP contribution in [-0.2, 0) is 4.79 Å². The summed E-state index contributed by atoms with van der Waals surface area (Å²) >= 11 is 11.5. The molecular formula is C12H11Cl2NO5. The highest BCUT2D eigenvalue weighted by Crippen LogP contribution is 2.35. The zero-order valence-corrected chi connectivity index (χ0v) is 11.9. The predicted molar refractivity (Wildman–Crippen MR) is 74.6 cm³/mol. The molecule has 1 aromatic carbocycles. The van der Waals surface area contributed by atoms with Crippen LogP contribution in [0.1, 0.15) is 13.3 Å². The van der Waals surface area contributed by atoms with Crippen molar-refractivity contribution in [3.8, 4) is 5.75 Å². The second kappa shape index (κ2) is 7.12. The van der Waals surface area contributed by atoms with E-state index in [0.29, 0.717) is 6.42 Å². The molecule has 108 valence electrons. The highest BCUT2D eigenvalue weighted by molar-refractivity contribution is 6.42. The molecule has 1 rings (SSSR count). The quantitative estimate of drug-likeness (QED) is 0.490. The molecule has 0 fully saturated rings. The molecule has 6 nitrogen and oxygen atoms in total. The fourth-order valence-electron chi connectivity index (χ4n) is 1.39. The van der Waals surface area contributed by atoms with Gasteiger partial charge in [0.15, 0.2) is 5.75 Å². The van der Waals surface area contributed by atoms with Crippen molar-refractivity contribution in [2.75, 3.05) is 6.61 Å². The number of nitrogens with zero attached hydrogens (tertiary/aromatic N) is 1. The Morgan fingerprint density at radius 3 is 2.55 bits per heavy atom. The number of nitro groups is 1. The van der Waals surface area contributed by atoms with E-state index in [-0.39, 0.29) is 33.7 Å². The molecule has 0 heterocycles. The van der Waals surface area contributed by atoms with Crippen molar-refractivity contribution >= 4 is 34.9 Å². The molecule has 0 saturated carbocycles. The normalized spacial score (nSPS) is 11.2. The number of rotatable bonds is 6. The van der Waals surface area contributed by atoms with Gasteiger partial charge >= 0.3 is 11.7 Å². The fourth-order valence-corrected chi connectivity index (χ4v) is 1.70. The molecule has 1 aromatic rings. The van der Waals surface area contributed by atoms with Crippen molar-refractivity contribution in [1.29, 1.82) is 0 Å². The molecule has 0 aliphatic rings. The van der Waals surface area contributed by atoms with Crippen LogP contribution in [0.3, 0.4) is 0 Å². The third-order valence-corrected chi connectivity index (χ3v) is 3.14. The monoisotopic (exact) mass is 319 g/mol. The van der Waals surface area contributed by atoms with E-state index in [0.717, 1.165) is 6.07 Å². The Bertz CT molecular complexity index is 571. The maximum absolute atomic E-state index is 10.9. The van der Waals surface area contributed by atoms with Crippen molar-refractivity contribution < 1.29 is 19.6 Å². The maximum Gasteiger partial charge on any atom is 0.331 e. The summed E-state index contributed by atoms with van der Waals surface area (Å²) in [6, 6.07) is 2.31. The Balaban J connectivity index is 2.95. The largest absolute Gasteiger partial charge is 0.483 e. The summed E-state index contributed by atoms with van der Waals surface area (Å²) in [4.78, 5) is 21.0. The van der Waals surface area contributed by atoms with Gasteiger partial charge in [0, 0.05) is 17.7 Å². The lowest BCUT2D eigenvalue weighted by Gasteiger charge is -2.06. The molecule has 0 aliphatic carbocycles. The number of nitro benzene ring substituents is 1. The number of carbonyl (C=O) groups is 1. The van der Waals surface area contributed by atoms with E-state index < -0.39 is 10.9 Å². The zero-order valence-electron chi connectivity index (χ0n) is 10.4. The van der Waals surface area contributed by atoms with Crippen molar-refractivity contribution in [2.24, 2.45) is 0 Å². The van der Waals surface area contributed by atoms with Gasteiger partial charge in [0.1, 0.15) is 6.61 Å². The summed E-state index contributed by atoms with van der Waals surface area (Å²) in [6.45, 7) is 1.57. The van der Waals surface area contributed by atoms with Gasteiger partial charge in [0.25, 0.3) is 0 Å². The minimum absolute atomic E-state index is 0.0426. The number of aliphatic carboxylic acids is 1. The molecule has 20 heavy (non-hydrogen) atoms. The molecule has 0 aliphatic heterocycles. The number of carboxylic acid groups (broad SMARTS) is 1. The van der Waals surface area contributed by atoms with E-state index in [4.69, 9.17) is 33.0 Å². The summed E-state index contributed by atoms with van der Waals surface area (Å²) in [5.74, 6) is -1.12. The highest BCUT2D eigenvalue weighted by atomic mass is 35.5. The van der Waals surface area contributed by atoms with Gasteiger partial charge in [-0.25, -0.2) is 4.79 Å². The molecule has 0 spiro atoms. The van der Waals surface area contributed by atoms with Gasteiger partial charge in [-0.15, -0.1) is 0 Å². The summed E-state index contributed by atoms with van der Waals surface area (Å²) in [5, 5.41) is 19.8. The lowest BCUT2D eigenvalue weighted by molar-refractivity contribution is -0.385. The fraction of sp³-hybridized carbons (Fsp3) is 0.250. The average Bonchev–Trinajstić information content (AvgIpc) is 2.37. The van der Waals surface area contributed by atoms with Crippen molar-refractivity contribution in [1.82, 2.24) is 0 Å².